The van der Waals surface area contributed by atoms with Crippen molar-refractivity contribution in [2.75, 3.05) is 0 Å². The molecule has 1 rings (SSSR count). The summed E-state index contributed by atoms with van der Waals surface area (Å²) in [5.41, 5.74) is 7.64. The predicted molar refractivity (Wildman–Crippen MR) is 71.6 cm³/mol. The zero-order valence-corrected chi connectivity index (χ0v) is 11.0. The molecule has 1 aromatic carbocycles. The van der Waals surface area contributed by atoms with Crippen LogP contribution in [0.1, 0.15) is 31.4 Å². The van der Waals surface area contributed by atoms with Crippen LogP contribution in [0.4, 0.5) is 0 Å². The summed E-state index contributed by atoms with van der Waals surface area (Å²) in [7, 11) is 0. The van der Waals surface area contributed by atoms with Crippen LogP contribution in [0.3, 0.4) is 0 Å². The number of nitrogens with two attached hydrogens (primary N) is 1. The molecule has 0 aliphatic heterocycles. The number of benzene rings is 1. The minimum absolute atomic E-state index is 0.00810. The van der Waals surface area contributed by atoms with E-state index in [1.54, 1.807) is 0 Å². The topological polar surface area (TPSA) is 75.4 Å². The lowest BCUT2D eigenvalue weighted by molar-refractivity contribution is -0.123. The summed E-state index contributed by atoms with van der Waals surface area (Å²) in [6, 6.07) is 7.03. The quantitative estimate of drug-likeness (QED) is 0.709. The molecule has 1 aromatic rings. The molecular formula is C14H22N2O2. The molecule has 18 heavy (non-hydrogen) atoms. The molecule has 0 bridgehead atoms. The molecule has 2 atom stereocenters. The monoisotopic (exact) mass is 250 g/mol. The summed E-state index contributed by atoms with van der Waals surface area (Å²) in [5.74, 6) is 0.0486. The van der Waals surface area contributed by atoms with Gasteiger partial charge in [0.2, 0.25) is 5.91 Å². The molecule has 0 saturated carbocycles. The average molecular weight is 250 g/mol. The van der Waals surface area contributed by atoms with E-state index >= 15 is 0 Å². The summed E-state index contributed by atoms with van der Waals surface area (Å²) < 4.78 is 0. The van der Waals surface area contributed by atoms with E-state index in [-0.39, 0.29) is 18.4 Å². The van der Waals surface area contributed by atoms with Gasteiger partial charge in [-0.15, -0.1) is 0 Å². The average Bonchev–Trinajstić information content (AvgIpc) is 2.43. The van der Waals surface area contributed by atoms with Crippen LogP contribution < -0.4 is 11.1 Å². The third kappa shape index (κ3) is 4.13. The maximum absolute atomic E-state index is 11.8. The van der Waals surface area contributed by atoms with Gasteiger partial charge in [-0.2, -0.15) is 0 Å². The van der Waals surface area contributed by atoms with Crippen molar-refractivity contribution >= 4 is 5.91 Å². The molecule has 0 saturated heterocycles. The third-order valence-electron chi connectivity index (χ3n) is 3.20. The Kier molecular flexibility index (Phi) is 5.82. The highest BCUT2D eigenvalue weighted by molar-refractivity contribution is 5.81. The minimum atomic E-state index is -0.462. The second-order valence-corrected chi connectivity index (χ2v) is 4.61. The van der Waals surface area contributed by atoms with E-state index < -0.39 is 6.04 Å². The number of aliphatic hydroxyl groups excluding tert-OH is 1. The van der Waals surface area contributed by atoms with Gasteiger partial charge in [-0.1, -0.05) is 44.5 Å². The first kappa shape index (κ1) is 14.7. The summed E-state index contributed by atoms with van der Waals surface area (Å²) in [5, 5.41) is 11.8. The summed E-state index contributed by atoms with van der Waals surface area (Å²) in [6.45, 7) is 4.43. The van der Waals surface area contributed by atoms with E-state index in [0.29, 0.717) is 6.54 Å². The van der Waals surface area contributed by atoms with Crippen molar-refractivity contribution in [3.05, 3.63) is 35.4 Å². The molecule has 0 fully saturated rings. The second-order valence-electron chi connectivity index (χ2n) is 4.61. The highest BCUT2D eigenvalue weighted by Gasteiger charge is 2.18. The fourth-order valence-electron chi connectivity index (χ4n) is 1.66. The van der Waals surface area contributed by atoms with Gasteiger partial charge in [-0.3, -0.25) is 4.79 Å². The number of nitrogens with one attached hydrogen (secondary N) is 1. The molecule has 4 nitrogen and oxygen atoms in total. The van der Waals surface area contributed by atoms with Gasteiger partial charge in [-0.25, -0.2) is 0 Å². The van der Waals surface area contributed by atoms with Gasteiger partial charge in [0.15, 0.2) is 0 Å². The maximum atomic E-state index is 11.8. The van der Waals surface area contributed by atoms with Crippen molar-refractivity contribution in [1.29, 1.82) is 0 Å². The molecule has 100 valence electrons. The van der Waals surface area contributed by atoms with Crippen molar-refractivity contribution < 1.29 is 9.90 Å². The van der Waals surface area contributed by atoms with E-state index in [2.05, 4.69) is 5.32 Å². The number of carbonyl (C=O) groups is 1. The molecule has 0 aliphatic carbocycles. The van der Waals surface area contributed by atoms with E-state index in [0.717, 1.165) is 17.5 Å². The van der Waals surface area contributed by atoms with Gasteiger partial charge in [0.25, 0.3) is 0 Å². The van der Waals surface area contributed by atoms with Crippen molar-refractivity contribution in [3.8, 4) is 0 Å². The van der Waals surface area contributed by atoms with Crippen LogP contribution in [0.25, 0.3) is 0 Å². The number of hydrogen-bond acceptors (Lipinski definition) is 3. The summed E-state index contributed by atoms with van der Waals surface area (Å²) in [6.07, 6.45) is 0.884. The lowest BCUT2D eigenvalue weighted by atomic mass is 9.99. The van der Waals surface area contributed by atoms with Gasteiger partial charge in [0.1, 0.15) is 0 Å². The van der Waals surface area contributed by atoms with Crippen molar-refractivity contribution in [2.24, 2.45) is 11.7 Å². The third-order valence-corrected chi connectivity index (χ3v) is 3.20. The van der Waals surface area contributed by atoms with Gasteiger partial charge in [-0.05, 0) is 17.0 Å². The van der Waals surface area contributed by atoms with Crippen molar-refractivity contribution in [3.63, 3.8) is 0 Å². The largest absolute Gasteiger partial charge is 0.392 e. The first-order valence-electron chi connectivity index (χ1n) is 6.30. The predicted octanol–water partition coefficient (Wildman–Crippen LogP) is 1.17. The second kappa shape index (κ2) is 7.13. The first-order chi connectivity index (χ1) is 8.58. The van der Waals surface area contributed by atoms with Gasteiger partial charge in [0.05, 0.1) is 12.6 Å². The Labute approximate surface area is 108 Å². The molecule has 1 amide bonds. The molecule has 0 spiro atoms. The van der Waals surface area contributed by atoms with E-state index in [9.17, 15) is 4.79 Å². The molecular weight excluding hydrogens is 228 g/mol. The number of amides is 1. The van der Waals surface area contributed by atoms with Crippen LogP contribution in [0.2, 0.25) is 0 Å². The lowest BCUT2D eigenvalue weighted by Crippen LogP contribution is -2.44. The normalized spacial score (nSPS) is 14.0. The Morgan fingerprint density at radius 1 is 1.44 bits per heavy atom. The highest BCUT2D eigenvalue weighted by atomic mass is 16.3. The smallest absolute Gasteiger partial charge is 0.237 e. The summed E-state index contributed by atoms with van der Waals surface area (Å²) >= 11 is 0. The molecule has 0 radical (unpaired) electrons. The fraction of sp³-hybridized carbons (Fsp3) is 0.500. The number of aliphatic hydroxyl groups is 1. The lowest BCUT2D eigenvalue weighted by Gasteiger charge is -2.17. The standard InChI is InChI=1S/C14H22N2O2/c1-3-10(2)13(15)14(18)16-8-11-5-4-6-12(7-11)9-17/h4-7,10,13,17H,3,8-9,15H2,1-2H3,(H,16,18). The highest BCUT2D eigenvalue weighted by Crippen LogP contribution is 2.07. The number of hydrogen-bond donors (Lipinski definition) is 3. The first-order valence-corrected chi connectivity index (χ1v) is 6.30. The Morgan fingerprint density at radius 3 is 2.72 bits per heavy atom. The van der Waals surface area contributed by atoms with Crippen LogP contribution in [-0.4, -0.2) is 17.1 Å². The summed E-state index contributed by atoms with van der Waals surface area (Å²) in [4.78, 5) is 11.8. The minimum Gasteiger partial charge on any atom is -0.392 e. The molecule has 4 N–H and O–H groups in total. The van der Waals surface area contributed by atoms with Crippen LogP contribution in [0, 0.1) is 5.92 Å². The Bertz CT molecular complexity index is 393. The SMILES string of the molecule is CCC(C)C(N)C(=O)NCc1cccc(CO)c1. The zero-order valence-electron chi connectivity index (χ0n) is 11.0. The Hall–Kier alpha value is -1.39. The molecule has 2 unspecified atom stereocenters. The van der Waals surface area contributed by atoms with Gasteiger partial charge in [0, 0.05) is 6.54 Å². The van der Waals surface area contributed by atoms with Crippen molar-refractivity contribution in [2.45, 2.75) is 39.5 Å². The van der Waals surface area contributed by atoms with Crippen LogP contribution in [-0.2, 0) is 17.9 Å². The fourth-order valence-corrected chi connectivity index (χ4v) is 1.66. The Balaban J connectivity index is 2.51. The molecule has 0 aromatic heterocycles. The maximum Gasteiger partial charge on any atom is 0.237 e. The van der Waals surface area contributed by atoms with E-state index in [1.807, 2.05) is 38.1 Å². The van der Waals surface area contributed by atoms with Gasteiger partial charge >= 0.3 is 0 Å². The van der Waals surface area contributed by atoms with Crippen LogP contribution >= 0.6 is 0 Å². The van der Waals surface area contributed by atoms with E-state index in [4.69, 9.17) is 10.8 Å². The van der Waals surface area contributed by atoms with Crippen LogP contribution in [0.5, 0.6) is 0 Å². The molecule has 0 aliphatic rings. The van der Waals surface area contributed by atoms with Gasteiger partial charge < -0.3 is 16.2 Å². The molecule has 0 heterocycles. The van der Waals surface area contributed by atoms with Crippen molar-refractivity contribution in [1.82, 2.24) is 5.32 Å². The van der Waals surface area contributed by atoms with E-state index in [1.165, 1.54) is 0 Å². The number of carbonyl (C=O) groups excluding carboxylic acids is 1. The van der Waals surface area contributed by atoms with Crippen LogP contribution in [0.15, 0.2) is 24.3 Å². The Morgan fingerprint density at radius 2 is 2.11 bits per heavy atom. The zero-order chi connectivity index (χ0) is 13.5. The molecule has 4 heteroatoms. The number of rotatable bonds is 6.